The minimum atomic E-state index is -0.458. The molecule has 82 valence electrons. The first-order valence-electron chi connectivity index (χ1n) is 5.29. The van der Waals surface area contributed by atoms with E-state index in [1.165, 1.54) is 6.07 Å². The van der Waals surface area contributed by atoms with Gasteiger partial charge in [0, 0.05) is 18.9 Å². The van der Waals surface area contributed by atoms with Crippen LogP contribution in [0, 0.1) is 5.95 Å². The standard InChI is InChI=1S/C11H15FN2O/c1-3-8-7-9(12)14-10(13-8)11(15-2)5-4-6-11/h7H,3-6H2,1-2H3. The quantitative estimate of drug-likeness (QED) is 0.717. The van der Waals surface area contributed by atoms with E-state index < -0.39 is 11.5 Å². The van der Waals surface area contributed by atoms with Gasteiger partial charge in [0.2, 0.25) is 5.95 Å². The highest BCUT2D eigenvalue weighted by Crippen LogP contribution is 2.42. The van der Waals surface area contributed by atoms with Crippen molar-refractivity contribution in [2.24, 2.45) is 0 Å². The SMILES string of the molecule is CCc1cc(F)nc(C2(OC)CCC2)n1. The van der Waals surface area contributed by atoms with Gasteiger partial charge in [-0.1, -0.05) is 6.92 Å². The highest BCUT2D eigenvalue weighted by Gasteiger charge is 2.42. The molecule has 1 saturated carbocycles. The van der Waals surface area contributed by atoms with E-state index >= 15 is 0 Å². The van der Waals surface area contributed by atoms with Gasteiger partial charge in [0.1, 0.15) is 5.60 Å². The van der Waals surface area contributed by atoms with Crippen molar-refractivity contribution in [1.82, 2.24) is 9.97 Å². The predicted octanol–water partition coefficient (Wildman–Crippen LogP) is 2.20. The van der Waals surface area contributed by atoms with E-state index in [-0.39, 0.29) is 0 Å². The minimum absolute atomic E-state index is 0.425. The molecule has 0 spiro atoms. The van der Waals surface area contributed by atoms with Crippen molar-refractivity contribution in [3.63, 3.8) is 0 Å². The van der Waals surface area contributed by atoms with Crippen LogP contribution < -0.4 is 0 Å². The first-order valence-corrected chi connectivity index (χ1v) is 5.29. The second-order valence-electron chi connectivity index (χ2n) is 3.91. The maximum atomic E-state index is 13.2. The molecule has 0 aliphatic heterocycles. The van der Waals surface area contributed by atoms with Crippen molar-refractivity contribution in [2.45, 2.75) is 38.2 Å². The molecule has 4 heteroatoms. The highest BCUT2D eigenvalue weighted by atomic mass is 19.1. The van der Waals surface area contributed by atoms with Crippen LogP contribution in [-0.4, -0.2) is 17.1 Å². The Balaban J connectivity index is 2.38. The molecular formula is C11H15FN2O. The van der Waals surface area contributed by atoms with Crippen LogP contribution in [0.3, 0.4) is 0 Å². The number of aryl methyl sites for hydroxylation is 1. The molecule has 0 amide bonds. The van der Waals surface area contributed by atoms with Crippen LogP contribution in [0.25, 0.3) is 0 Å². The molecule has 0 unspecified atom stereocenters. The molecule has 0 N–H and O–H groups in total. The summed E-state index contributed by atoms with van der Waals surface area (Å²) in [4.78, 5) is 8.18. The number of aromatic nitrogens is 2. The molecule has 0 bridgehead atoms. The fraction of sp³-hybridized carbons (Fsp3) is 0.636. The molecule has 15 heavy (non-hydrogen) atoms. The minimum Gasteiger partial charge on any atom is -0.370 e. The van der Waals surface area contributed by atoms with Gasteiger partial charge in [-0.3, -0.25) is 0 Å². The van der Waals surface area contributed by atoms with Gasteiger partial charge in [0.05, 0.1) is 0 Å². The number of rotatable bonds is 3. The average molecular weight is 210 g/mol. The van der Waals surface area contributed by atoms with Crippen LogP contribution >= 0.6 is 0 Å². The van der Waals surface area contributed by atoms with Crippen LogP contribution in [0.2, 0.25) is 0 Å². The molecule has 0 radical (unpaired) electrons. The van der Waals surface area contributed by atoms with Crippen molar-refractivity contribution < 1.29 is 9.13 Å². The average Bonchev–Trinajstić information content (AvgIpc) is 2.16. The van der Waals surface area contributed by atoms with Crippen molar-refractivity contribution in [3.05, 3.63) is 23.5 Å². The molecule has 1 aromatic rings. The summed E-state index contributed by atoms with van der Waals surface area (Å²) in [6.45, 7) is 1.95. The highest BCUT2D eigenvalue weighted by molar-refractivity contribution is 5.12. The van der Waals surface area contributed by atoms with Crippen LogP contribution in [0.15, 0.2) is 6.07 Å². The van der Waals surface area contributed by atoms with Gasteiger partial charge >= 0.3 is 0 Å². The Labute approximate surface area is 88.7 Å². The fourth-order valence-electron chi connectivity index (χ4n) is 1.87. The van der Waals surface area contributed by atoms with Crippen LogP contribution in [0.5, 0.6) is 0 Å². The lowest BCUT2D eigenvalue weighted by Crippen LogP contribution is -2.38. The number of hydrogen-bond donors (Lipinski definition) is 0. The smallest absolute Gasteiger partial charge is 0.216 e. The topological polar surface area (TPSA) is 35.0 Å². The Kier molecular flexibility index (Phi) is 2.69. The van der Waals surface area contributed by atoms with Crippen LogP contribution in [0.4, 0.5) is 4.39 Å². The van der Waals surface area contributed by atoms with E-state index in [0.29, 0.717) is 12.2 Å². The Morgan fingerprint density at radius 3 is 2.67 bits per heavy atom. The van der Waals surface area contributed by atoms with Crippen molar-refractivity contribution in [2.75, 3.05) is 7.11 Å². The second-order valence-corrected chi connectivity index (χ2v) is 3.91. The zero-order valence-electron chi connectivity index (χ0n) is 9.09. The molecular weight excluding hydrogens is 195 g/mol. The summed E-state index contributed by atoms with van der Waals surface area (Å²) in [5, 5.41) is 0. The largest absolute Gasteiger partial charge is 0.370 e. The summed E-state index contributed by atoms with van der Waals surface area (Å²) in [6.07, 6.45) is 3.58. The third-order valence-corrected chi connectivity index (χ3v) is 3.07. The summed E-state index contributed by atoms with van der Waals surface area (Å²) in [7, 11) is 1.64. The second kappa shape index (κ2) is 3.85. The Bertz CT molecular complexity index is 358. The van der Waals surface area contributed by atoms with Gasteiger partial charge in [-0.05, 0) is 25.7 Å². The summed E-state index contributed by atoms with van der Waals surface area (Å²) in [5.74, 6) is 0.0493. The first-order chi connectivity index (χ1) is 7.20. The summed E-state index contributed by atoms with van der Waals surface area (Å²) < 4.78 is 18.7. The van der Waals surface area contributed by atoms with E-state index in [0.717, 1.165) is 25.0 Å². The lowest BCUT2D eigenvalue weighted by atomic mass is 9.79. The summed E-state index contributed by atoms with van der Waals surface area (Å²) >= 11 is 0. The molecule has 3 nitrogen and oxygen atoms in total. The molecule has 2 rings (SSSR count). The molecule has 1 heterocycles. The van der Waals surface area contributed by atoms with Crippen LogP contribution in [0.1, 0.15) is 37.7 Å². The van der Waals surface area contributed by atoms with E-state index in [1.807, 2.05) is 6.92 Å². The van der Waals surface area contributed by atoms with Crippen LogP contribution in [-0.2, 0) is 16.8 Å². The lowest BCUT2D eigenvalue weighted by molar-refractivity contribution is -0.0853. The van der Waals surface area contributed by atoms with Crippen molar-refractivity contribution >= 4 is 0 Å². The van der Waals surface area contributed by atoms with Crippen molar-refractivity contribution in [1.29, 1.82) is 0 Å². The summed E-state index contributed by atoms with van der Waals surface area (Å²) in [5.41, 5.74) is 0.312. The normalized spacial score (nSPS) is 18.6. The third-order valence-electron chi connectivity index (χ3n) is 3.07. The zero-order valence-corrected chi connectivity index (χ0v) is 9.09. The monoisotopic (exact) mass is 210 g/mol. The maximum absolute atomic E-state index is 13.2. The molecule has 0 saturated heterocycles. The van der Waals surface area contributed by atoms with Gasteiger partial charge in [-0.15, -0.1) is 0 Å². The summed E-state index contributed by atoms with van der Waals surface area (Å²) in [6, 6.07) is 1.38. The molecule has 1 aliphatic carbocycles. The molecule has 0 aromatic carbocycles. The van der Waals surface area contributed by atoms with Gasteiger partial charge < -0.3 is 4.74 Å². The van der Waals surface area contributed by atoms with E-state index in [1.54, 1.807) is 7.11 Å². The Morgan fingerprint density at radius 1 is 1.47 bits per heavy atom. The molecule has 1 aromatic heterocycles. The van der Waals surface area contributed by atoms with Gasteiger partial charge in [0.25, 0.3) is 0 Å². The lowest BCUT2D eigenvalue weighted by Gasteiger charge is -2.38. The Morgan fingerprint density at radius 2 is 2.20 bits per heavy atom. The van der Waals surface area contributed by atoms with Gasteiger partial charge in [0.15, 0.2) is 5.82 Å². The van der Waals surface area contributed by atoms with Gasteiger partial charge in [-0.2, -0.15) is 4.39 Å². The molecule has 0 atom stereocenters. The number of methoxy groups -OCH3 is 1. The van der Waals surface area contributed by atoms with E-state index in [9.17, 15) is 4.39 Å². The maximum Gasteiger partial charge on any atom is 0.216 e. The Hall–Kier alpha value is -1.03. The number of halogens is 1. The van der Waals surface area contributed by atoms with E-state index in [4.69, 9.17) is 4.74 Å². The number of ether oxygens (including phenoxy) is 1. The fourth-order valence-corrected chi connectivity index (χ4v) is 1.87. The first kappa shape index (κ1) is 10.5. The van der Waals surface area contributed by atoms with Gasteiger partial charge in [-0.25, -0.2) is 9.97 Å². The number of nitrogens with zero attached hydrogens (tertiary/aromatic N) is 2. The van der Waals surface area contributed by atoms with E-state index in [2.05, 4.69) is 9.97 Å². The predicted molar refractivity (Wildman–Crippen MR) is 53.9 cm³/mol. The molecule has 1 aliphatic rings. The number of hydrogen-bond acceptors (Lipinski definition) is 3. The zero-order chi connectivity index (χ0) is 10.9. The van der Waals surface area contributed by atoms with Crippen molar-refractivity contribution in [3.8, 4) is 0 Å². The third kappa shape index (κ3) is 1.74. The molecule has 1 fully saturated rings.